The predicted octanol–water partition coefficient (Wildman–Crippen LogP) is 2.17. The minimum atomic E-state index is -3.58. The van der Waals surface area contributed by atoms with Crippen molar-refractivity contribution < 1.29 is 22.7 Å². The first-order valence-electron chi connectivity index (χ1n) is 8.83. The molecular weight excluding hydrogens is 356 g/mol. The zero-order chi connectivity index (χ0) is 19.6. The summed E-state index contributed by atoms with van der Waals surface area (Å²) in [5, 5.41) is 2.72. The molecule has 1 amide bonds. The van der Waals surface area contributed by atoms with Gasteiger partial charge in [0, 0.05) is 13.2 Å². The zero-order valence-electron chi connectivity index (χ0n) is 16.0. The van der Waals surface area contributed by atoms with Gasteiger partial charge in [0.05, 0.1) is 24.7 Å². The Balaban J connectivity index is 2.63. The molecule has 1 aromatic rings. The van der Waals surface area contributed by atoms with Crippen LogP contribution in [0.1, 0.15) is 33.6 Å². The third-order valence-corrected chi connectivity index (χ3v) is 4.52. The van der Waals surface area contributed by atoms with E-state index in [9.17, 15) is 13.2 Å². The molecule has 0 aliphatic heterocycles. The van der Waals surface area contributed by atoms with Crippen molar-refractivity contribution in [3.63, 3.8) is 0 Å². The van der Waals surface area contributed by atoms with E-state index < -0.39 is 10.0 Å². The molecule has 0 aromatic heterocycles. The molecule has 0 spiro atoms. The SMILES string of the molecule is CCCOc1ccc(N(CC(=O)NCCCOC(C)C)S(C)(=O)=O)cc1. The summed E-state index contributed by atoms with van der Waals surface area (Å²) in [7, 11) is -3.58. The number of hydrogen-bond acceptors (Lipinski definition) is 5. The number of nitrogens with one attached hydrogen (secondary N) is 1. The van der Waals surface area contributed by atoms with E-state index in [1.54, 1.807) is 24.3 Å². The standard InChI is InChI=1S/C18H30N2O5S/c1-5-12-25-17-9-7-16(8-10-17)20(26(4,22)23)14-18(21)19-11-6-13-24-15(2)3/h7-10,15H,5-6,11-14H2,1-4H3,(H,19,21). The maximum Gasteiger partial charge on any atom is 0.240 e. The average molecular weight is 387 g/mol. The van der Waals surface area contributed by atoms with E-state index in [1.807, 2.05) is 20.8 Å². The third kappa shape index (κ3) is 8.53. The molecule has 148 valence electrons. The smallest absolute Gasteiger partial charge is 0.240 e. The Bertz CT molecular complexity index is 644. The summed E-state index contributed by atoms with van der Waals surface area (Å²) in [6, 6.07) is 6.67. The highest BCUT2D eigenvalue weighted by Gasteiger charge is 2.20. The number of ether oxygens (including phenoxy) is 2. The largest absolute Gasteiger partial charge is 0.494 e. The fourth-order valence-electron chi connectivity index (χ4n) is 2.13. The van der Waals surface area contributed by atoms with E-state index in [2.05, 4.69) is 5.32 Å². The lowest BCUT2D eigenvalue weighted by atomic mass is 10.3. The Morgan fingerprint density at radius 3 is 2.38 bits per heavy atom. The van der Waals surface area contributed by atoms with Crippen LogP contribution in [0.4, 0.5) is 5.69 Å². The minimum absolute atomic E-state index is 0.149. The van der Waals surface area contributed by atoms with Gasteiger partial charge < -0.3 is 14.8 Å². The second-order valence-electron chi connectivity index (χ2n) is 6.24. The molecule has 7 nitrogen and oxygen atoms in total. The molecule has 0 aliphatic rings. The van der Waals surface area contributed by atoms with Gasteiger partial charge in [0.25, 0.3) is 0 Å². The van der Waals surface area contributed by atoms with Gasteiger partial charge in [-0.25, -0.2) is 8.42 Å². The number of nitrogens with zero attached hydrogens (tertiary/aromatic N) is 1. The predicted molar refractivity (Wildman–Crippen MR) is 103 cm³/mol. The monoisotopic (exact) mass is 386 g/mol. The van der Waals surface area contributed by atoms with E-state index in [1.165, 1.54) is 0 Å². The first-order valence-corrected chi connectivity index (χ1v) is 10.7. The molecule has 0 heterocycles. The number of rotatable bonds is 12. The molecule has 8 heteroatoms. The van der Waals surface area contributed by atoms with Gasteiger partial charge in [0.15, 0.2) is 0 Å². The second-order valence-corrected chi connectivity index (χ2v) is 8.14. The molecule has 0 unspecified atom stereocenters. The Morgan fingerprint density at radius 2 is 1.85 bits per heavy atom. The summed E-state index contributed by atoms with van der Waals surface area (Å²) in [5.74, 6) is 0.310. The molecule has 1 aromatic carbocycles. The normalized spacial score (nSPS) is 11.4. The summed E-state index contributed by atoms with van der Waals surface area (Å²) < 4.78 is 36.1. The highest BCUT2D eigenvalue weighted by atomic mass is 32.2. The third-order valence-electron chi connectivity index (χ3n) is 3.38. The van der Waals surface area contributed by atoms with Crippen LogP contribution in [0.2, 0.25) is 0 Å². The number of anilines is 1. The van der Waals surface area contributed by atoms with E-state index in [-0.39, 0.29) is 18.6 Å². The molecule has 0 atom stereocenters. The minimum Gasteiger partial charge on any atom is -0.494 e. The van der Waals surface area contributed by atoms with Crippen LogP contribution in [0, 0.1) is 0 Å². The van der Waals surface area contributed by atoms with Crippen LogP contribution in [0.5, 0.6) is 5.75 Å². The molecule has 0 saturated carbocycles. The lowest BCUT2D eigenvalue weighted by Gasteiger charge is -2.22. The summed E-state index contributed by atoms with van der Waals surface area (Å²) in [6.45, 7) is 7.21. The van der Waals surface area contributed by atoms with Crippen molar-refractivity contribution in [3.8, 4) is 5.75 Å². The Morgan fingerprint density at radius 1 is 1.19 bits per heavy atom. The van der Waals surface area contributed by atoms with Crippen molar-refractivity contribution in [2.24, 2.45) is 0 Å². The molecule has 0 bridgehead atoms. The summed E-state index contributed by atoms with van der Waals surface area (Å²) in [4.78, 5) is 12.1. The molecular formula is C18H30N2O5S. The number of amides is 1. The molecule has 0 saturated heterocycles. The van der Waals surface area contributed by atoms with E-state index >= 15 is 0 Å². The van der Waals surface area contributed by atoms with Gasteiger partial charge in [-0.2, -0.15) is 0 Å². The van der Waals surface area contributed by atoms with Crippen molar-refractivity contribution in [2.75, 3.05) is 36.9 Å². The van der Waals surface area contributed by atoms with Gasteiger partial charge in [-0.05, 0) is 51.0 Å². The van der Waals surface area contributed by atoms with E-state index in [0.717, 1.165) is 17.0 Å². The van der Waals surface area contributed by atoms with Gasteiger partial charge in [-0.15, -0.1) is 0 Å². The van der Waals surface area contributed by atoms with E-state index in [4.69, 9.17) is 9.47 Å². The van der Waals surface area contributed by atoms with Crippen molar-refractivity contribution in [3.05, 3.63) is 24.3 Å². The summed E-state index contributed by atoms with van der Waals surface area (Å²) in [5.41, 5.74) is 0.426. The highest BCUT2D eigenvalue weighted by Crippen LogP contribution is 2.21. The van der Waals surface area contributed by atoms with E-state index in [0.29, 0.717) is 37.6 Å². The van der Waals surface area contributed by atoms with Crippen molar-refractivity contribution in [2.45, 2.75) is 39.7 Å². The van der Waals surface area contributed by atoms with Gasteiger partial charge in [-0.3, -0.25) is 9.10 Å². The van der Waals surface area contributed by atoms with Crippen molar-refractivity contribution in [1.29, 1.82) is 0 Å². The Hall–Kier alpha value is -1.80. The van der Waals surface area contributed by atoms with Gasteiger partial charge in [0.1, 0.15) is 12.3 Å². The molecule has 0 aliphatic carbocycles. The number of hydrogen-bond donors (Lipinski definition) is 1. The average Bonchev–Trinajstić information content (AvgIpc) is 2.57. The second kappa shape index (κ2) is 11.0. The zero-order valence-corrected chi connectivity index (χ0v) is 16.8. The number of carbonyl (C=O) groups is 1. The van der Waals surface area contributed by atoms with Crippen LogP contribution in [0.25, 0.3) is 0 Å². The van der Waals surface area contributed by atoms with Crippen molar-refractivity contribution >= 4 is 21.6 Å². The molecule has 1 N–H and O–H groups in total. The summed E-state index contributed by atoms with van der Waals surface area (Å²) in [6.07, 6.45) is 2.79. The Kier molecular flexibility index (Phi) is 9.43. The fourth-order valence-corrected chi connectivity index (χ4v) is 2.99. The van der Waals surface area contributed by atoms with Gasteiger partial charge >= 0.3 is 0 Å². The number of sulfonamides is 1. The van der Waals surface area contributed by atoms with Crippen LogP contribution in [0.3, 0.4) is 0 Å². The van der Waals surface area contributed by atoms with Crippen LogP contribution in [-0.4, -0.2) is 53.0 Å². The Labute approximate surface area is 156 Å². The lowest BCUT2D eigenvalue weighted by molar-refractivity contribution is -0.119. The molecule has 1 rings (SSSR count). The van der Waals surface area contributed by atoms with Crippen LogP contribution in [-0.2, 0) is 19.6 Å². The first-order chi connectivity index (χ1) is 12.2. The maximum absolute atomic E-state index is 12.1. The quantitative estimate of drug-likeness (QED) is 0.557. The van der Waals surface area contributed by atoms with Crippen LogP contribution < -0.4 is 14.4 Å². The summed E-state index contributed by atoms with van der Waals surface area (Å²) >= 11 is 0. The molecule has 26 heavy (non-hydrogen) atoms. The molecule has 0 fully saturated rings. The van der Waals surface area contributed by atoms with Crippen LogP contribution in [0.15, 0.2) is 24.3 Å². The fraction of sp³-hybridized carbons (Fsp3) is 0.611. The molecule has 0 radical (unpaired) electrons. The number of carbonyl (C=O) groups excluding carboxylic acids is 1. The highest BCUT2D eigenvalue weighted by molar-refractivity contribution is 7.92. The maximum atomic E-state index is 12.1. The van der Waals surface area contributed by atoms with Gasteiger partial charge in [-0.1, -0.05) is 6.92 Å². The topological polar surface area (TPSA) is 84.9 Å². The van der Waals surface area contributed by atoms with Crippen LogP contribution >= 0.6 is 0 Å². The first kappa shape index (κ1) is 22.2. The number of benzene rings is 1. The lowest BCUT2D eigenvalue weighted by Crippen LogP contribution is -2.40. The van der Waals surface area contributed by atoms with Crippen molar-refractivity contribution in [1.82, 2.24) is 5.32 Å². The van der Waals surface area contributed by atoms with Gasteiger partial charge in [0.2, 0.25) is 15.9 Å².